The molecule has 0 bridgehead atoms. The molecule has 1 aromatic carbocycles. The second-order valence-corrected chi connectivity index (χ2v) is 5.13. The van der Waals surface area contributed by atoms with E-state index in [0.717, 1.165) is 16.9 Å². The third-order valence-corrected chi connectivity index (χ3v) is 3.27. The number of benzene rings is 1. The first-order valence-corrected chi connectivity index (χ1v) is 6.90. The molecule has 2 N–H and O–H groups in total. The zero-order valence-corrected chi connectivity index (χ0v) is 11.0. The Morgan fingerprint density at radius 3 is 3.06 bits per heavy atom. The fraction of sp³-hybridized carbons (Fsp3) is 0.308. The molecule has 0 saturated heterocycles. The van der Waals surface area contributed by atoms with Crippen LogP contribution in [0.15, 0.2) is 28.7 Å². The Balaban J connectivity index is 2.04. The molecular weight excluding hydrogens is 250 g/mol. The van der Waals surface area contributed by atoms with E-state index < -0.39 is 5.97 Å². The van der Waals surface area contributed by atoms with Crippen LogP contribution >= 0.6 is 11.8 Å². The van der Waals surface area contributed by atoms with Crippen LogP contribution in [0.4, 0.5) is 5.69 Å². The van der Waals surface area contributed by atoms with Crippen molar-refractivity contribution in [1.82, 2.24) is 0 Å². The predicted molar refractivity (Wildman–Crippen MR) is 73.9 cm³/mol. The van der Waals surface area contributed by atoms with Crippen molar-refractivity contribution in [2.75, 3.05) is 23.8 Å². The third kappa shape index (κ3) is 2.98. The second kappa shape index (κ2) is 5.82. The molecule has 2 aromatic rings. The molecule has 4 nitrogen and oxygen atoms in total. The second-order valence-electron chi connectivity index (χ2n) is 3.74. The normalized spacial score (nSPS) is 10.7. The van der Waals surface area contributed by atoms with Gasteiger partial charge in [-0.2, -0.15) is 11.8 Å². The number of nitrogens with two attached hydrogens (primary N) is 1. The number of furan rings is 1. The van der Waals surface area contributed by atoms with Gasteiger partial charge in [0.25, 0.3) is 0 Å². The van der Waals surface area contributed by atoms with Crippen molar-refractivity contribution in [2.45, 2.75) is 6.92 Å². The summed E-state index contributed by atoms with van der Waals surface area (Å²) in [6.07, 6.45) is 0. The van der Waals surface area contributed by atoms with Gasteiger partial charge in [-0.1, -0.05) is 6.92 Å². The van der Waals surface area contributed by atoms with Gasteiger partial charge in [-0.05, 0) is 30.0 Å². The van der Waals surface area contributed by atoms with Crippen LogP contribution in [-0.2, 0) is 4.74 Å². The molecule has 0 saturated carbocycles. The predicted octanol–water partition coefficient (Wildman–Crippen LogP) is 2.92. The van der Waals surface area contributed by atoms with Crippen LogP contribution in [0.25, 0.3) is 11.0 Å². The minimum Gasteiger partial charge on any atom is -0.459 e. The lowest BCUT2D eigenvalue weighted by Gasteiger charge is -2.00. The molecule has 1 heterocycles. The van der Waals surface area contributed by atoms with Crippen molar-refractivity contribution in [3.63, 3.8) is 0 Å². The first kappa shape index (κ1) is 12.8. The maximum absolute atomic E-state index is 11.7. The minimum absolute atomic E-state index is 0.220. The zero-order valence-electron chi connectivity index (χ0n) is 10.1. The molecule has 0 spiro atoms. The van der Waals surface area contributed by atoms with Gasteiger partial charge in [0, 0.05) is 16.8 Å². The van der Waals surface area contributed by atoms with E-state index in [4.69, 9.17) is 14.9 Å². The van der Waals surface area contributed by atoms with Gasteiger partial charge in [-0.15, -0.1) is 0 Å². The highest BCUT2D eigenvalue weighted by atomic mass is 32.2. The summed E-state index contributed by atoms with van der Waals surface area (Å²) in [7, 11) is 0. The maximum atomic E-state index is 11.7. The summed E-state index contributed by atoms with van der Waals surface area (Å²) in [5, 5.41) is 0.810. The molecule has 5 heteroatoms. The molecule has 0 amide bonds. The number of esters is 1. The van der Waals surface area contributed by atoms with E-state index in [1.807, 2.05) is 0 Å². The highest BCUT2D eigenvalue weighted by molar-refractivity contribution is 7.99. The summed E-state index contributed by atoms with van der Waals surface area (Å²) < 4.78 is 10.5. The fourth-order valence-corrected chi connectivity index (χ4v) is 2.06. The van der Waals surface area contributed by atoms with Crippen molar-refractivity contribution >= 4 is 34.4 Å². The molecule has 2 rings (SSSR count). The molecular formula is C13H15NO3S. The van der Waals surface area contributed by atoms with Crippen LogP contribution in [-0.4, -0.2) is 24.1 Å². The Hall–Kier alpha value is -1.62. The number of carbonyl (C=O) groups is 1. The van der Waals surface area contributed by atoms with Crippen LogP contribution in [0, 0.1) is 0 Å². The summed E-state index contributed by atoms with van der Waals surface area (Å²) in [6, 6.07) is 6.90. The molecule has 0 aliphatic heterocycles. The average molecular weight is 265 g/mol. The van der Waals surface area contributed by atoms with E-state index >= 15 is 0 Å². The van der Waals surface area contributed by atoms with Gasteiger partial charge in [0.15, 0.2) is 0 Å². The summed E-state index contributed by atoms with van der Waals surface area (Å²) in [6.45, 7) is 2.46. The Morgan fingerprint density at radius 1 is 1.44 bits per heavy atom. The van der Waals surface area contributed by atoms with Crippen molar-refractivity contribution in [3.8, 4) is 0 Å². The van der Waals surface area contributed by atoms with E-state index in [9.17, 15) is 4.79 Å². The van der Waals surface area contributed by atoms with Crippen molar-refractivity contribution < 1.29 is 13.9 Å². The molecule has 1 aromatic heterocycles. The summed E-state index contributed by atoms with van der Waals surface area (Å²) in [5.41, 5.74) is 6.94. The SMILES string of the molecule is CCSCCOC(=O)c1cc2cc(N)ccc2o1. The van der Waals surface area contributed by atoms with Gasteiger partial charge in [-0.3, -0.25) is 0 Å². The summed E-state index contributed by atoms with van der Waals surface area (Å²) >= 11 is 1.73. The van der Waals surface area contributed by atoms with E-state index in [2.05, 4.69) is 6.92 Å². The number of ether oxygens (including phenoxy) is 1. The maximum Gasteiger partial charge on any atom is 0.374 e. The Bertz CT molecular complexity index is 550. The van der Waals surface area contributed by atoms with Gasteiger partial charge in [0.2, 0.25) is 5.76 Å². The Kier molecular flexibility index (Phi) is 4.15. The number of nitrogen functional groups attached to an aromatic ring is 1. The number of hydrogen-bond acceptors (Lipinski definition) is 5. The van der Waals surface area contributed by atoms with Crippen molar-refractivity contribution in [3.05, 3.63) is 30.0 Å². The number of anilines is 1. The first-order valence-electron chi connectivity index (χ1n) is 5.74. The molecule has 0 atom stereocenters. The number of carbonyl (C=O) groups excluding carboxylic acids is 1. The topological polar surface area (TPSA) is 65.5 Å². The van der Waals surface area contributed by atoms with E-state index in [0.29, 0.717) is 17.9 Å². The molecule has 0 aliphatic carbocycles. The molecule has 0 aliphatic rings. The van der Waals surface area contributed by atoms with Crippen LogP contribution in [0.5, 0.6) is 0 Å². The monoisotopic (exact) mass is 265 g/mol. The highest BCUT2D eigenvalue weighted by Gasteiger charge is 2.13. The zero-order chi connectivity index (χ0) is 13.0. The van der Waals surface area contributed by atoms with Crippen LogP contribution in [0.2, 0.25) is 0 Å². The summed E-state index contributed by atoms with van der Waals surface area (Å²) in [4.78, 5) is 11.7. The lowest BCUT2D eigenvalue weighted by atomic mass is 10.2. The van der Waals surface area contributed by atoms with Crippen LogP contribution in [0.3, 0.4) is 0 Å². The number of thioether (sulfide) groups is 1. The number of rotatable bonds is 5. The first-order chi connectivity index (χ1) is 8.70. The van der Waals surface area contributed by atoms with Gasteiger partial charge in [-0.25, -0.2) is 4.79 Å². The van der Waals surface area contributed by atoms with Gasteiger partial charge < -0.3 is 14.9 Å². The molecule has 18 heavy (non-hydrogen) atoms. The van der Waals surface area contributed by atoms with Gasteiger partial charge in [0.05, 0.1) is 0 Å². The standard InChI is InChI=1S/C13H15NO3S/c1-2-18-6-5-16-13(15)12-8-9-7-10(14)3-4-11(9)17-12/h3-4,7-8H,2,5-6,14H2,1H3. The lowest BCUT2D eigenvalue weighted by Crippen LogP contribution is -2.06. The molecule has 0 fully saturated rings. The third-order valence-electron chi connectivity index (χ3n) is 2.41. The van der Waals surface area contributed by atoms with E-state index in [1.54, 1.807) is 36.0 Å². The molecule has 0 unspecified atom stereocenters. The van der Waals surface area contributed by atoms with Gasteiger partial charge >= 0.3 is 5.97 Å². The average Bonchev–Trinajstić information content (AvgIpc) is 2.77. The van der Waals surface area contributed by atoms with Crippen LogP contribution < -0.4 is 5.73 Å². The molecule has 0 radical (unpaired) electrons. The number of hydrogen-bond donors (Lipinski definition) is 1. The van der Waals surface area contributed by atoms with Gasteiger partial charge in [0.1, 0.15) is 12.2 Å². The smallest absolute Gasteiger partial charge is 0.374 e. The van der Waals surface area contributed by atoms with E-state index in [1.165, 1.54) is 0 Å². The van der Waals surface area contributed by atoms with Crippen LogP contribution in [0.1, 0.15) is 17.5 Å². The Labute approximate surface area is 109 Å². The fourth-order valence-electron chi connectivity index (χ4n) is 1.57. The largest absolute Gasteiger partial charge is 0.459 e. The molecule has 96 valence electrons. The quantitative estimate of drug-likeness (QED) is 0.511. The van der Waals surface area contributed by atoms with Crippen molar-refractivity contribution in [2.24, 2.45) is 0 Å². The lowest BCUT2D eigenvalue weighted by molar-refractivity contribution is 0.0496. The minimum atomic E-state index is -0.429. The number of fused-ring (bicyclic) bond motifs is 1. The summed E-state index contributed by atoms with van der Waals surface area (Å²) in [5.74, 6) is 1.61. The van der Waals surface area contributed by atoms with Crippen molar-refractivity contribution in [1.29, 1.82) is 0 Å². The van der Waals surface area contributed by atoms with E-state index in [-0.39, 0.29) is 5.76 Å². The Morgan fingerprint density at radius 2 is 2.28 bits per heavy atom. The highest BCUT2D eigenvalue weighted by Crippen LogP contribution is 2.22.